The summed E-state index contributed by atoms with van der Waals surface area (Å²) in [6, 6.07) is 6.91. The maximum Gasteiger partial charge on any atom is 0.417 e. The average Bonchev–Trinajstić information content (AvgIpc) is 3.11. The Morgan fingerprint density at radius 1 is 0.607 bits per heavy atom. The van der Waals surface area contributed by atoms with E-state index in [0.29, 0.717) is 50.4 Å². The number of hydrogen-bond acceptors (Lipinski definition) is 9. The number of halogens is 6. The minimum atomic E-state index is -4.70. The maximum atomic E-state index is 13.2. The third kappa shape index (κ3) is 12.3. The molecule has 338 valence electrons. The molecule has 0 radical (unpaired) electrons. The smallest absolute Gasteiger partial charge is 0.417 e. The number of nitrogens with zero attached hydrogens (tertiary/aromatic N) is 4. The highest BCUT2D eigenvalue weighted by molar-refractivity contribution is 5.91. The normalized spacial score (nSPS) is 19.3. The first kappa shape index (κ1) is 47.5. The molecule has 2 aromatic carbocycles. The zero-order valence-electron chi connectivity index (χ0n) is 35.7. The number of ether oxygens (including phenoxy) is 3. The second-order valence-corrected chi connectivity index (χ2v) is 18.8. The lowest BCUT2D eigenvalue weighted by Gasteiger charge is -2.54. The highest BCUT2D eigenvalue weighted by Crippen LogP contribution is 2.43. The van der Waals surface area contributed by atoms with Crippen LogP contribution in [0.4, 0.5) is 35.9 Å². The molecule has 4 fully saturated rings. The number of carboxylic acids is 1. The number of carboxylic acid groups (broad SMARTS) is 1. The fourth-order valence-corrected chi connectivity index (χ4v) is 8.49. The van der Waals surface area contributed by atoms with Crippen LogP contribution >= 0.6 is 0 Å². The van der Waals surface area contributed by atoms with Crippen LogP contribution in [0.1, 0.15) is 110 Å². The lowest BCUT2D eigenvalue weighted by molar-refractivity contribution is -0.138. The molecular formula is C43H56F6N4O8. The van der Waals surface area contributed by atoms with Crippen LogP contribution in [0.3, 0.4) is 0 Å². The Morgan fingerprint density at radius 2 is 0.951 bits per heavy atom. The molecule has 0 unspecified atom stereocenters. The molecular weight excluding hydrogens is 814 g/mol. The second-order valence-electron chi connectivity index (χ2n) is 18.8. The third-order valence-corrected chi connectivity index (χ3v) is 11.4. The van der Waals surface area contributed by atoms with Crippen LogP contribution < -0.4 is 0 Å². The lowest BCUT2D eigenvalue weighted by atomic mass is 9.72. The number of hydrogen-bond donors (Lipinski definition) is 1. The summed E-state index contributed by atoms with van der Waals surface area (Å²) in [5, 5.41) is 9.14. The van der Waals surface area contributed by atoms with E-state index in [4.69, 9.17) is 14.6 Å². The van der Waals surface area contributed by atoms with Gasteiger partial charge in [0.25, 0.3) is 0 Å². The SMILES string of the molecule is CC(C)(C)OC(=O)N1CCC2(CC1)CN(Cc1ccc(C(F)(F)F)c(C(=O)O)c1)C2.COC(=O)c1cc(CN2CC3(CCN(C(=O)OC(C)(C)C)CC3)C2)ccc1C(F)(F)F. The van der Waals surface area contributed by atoms with Crippen molar-refractivity contribution in [1.29, 1.82) is 0 Å². The Labute approximate surface area is 352 Å². The standard InChI is InChI=1S/C22H29F3N2O4.C21H27F3N2O4/c1-20(2,3)31-19(29)27-9-7-21(8-10-27)13-26(14-21)12-15-5-6-17(22(23,24)25)16(11-15)18(28)30-4;1-19(2,3)30-18(29)26-8-6-20(7-9-26)12-25(13-20)11-14-4-5-16(21(22,23)24)15(10-14)17(27)28/h5-6,11H,7-10,12-14H2,1-4H3;4-5,10H,6-9,11-13H2,1-3H3,(H,27,28). The summed E-state index contributed by atoms with van der Waals surface area (Å²) >= 11 is 0. The number of carbonyl (C=O) groups excluding carboxylic acids is 3. The number of aromatic carboxylic acids is 1. The first-order valence-corrected chi connectivity index (χ1v) is 20.2. The van der Waals surface area contributed by atoms with Crippen LogP contribution in [-0.2, 0) is 39.7 Å². The Morgan fingerprint density at radius 3 is 1.26 bits per heavy atom. The topological polar surface area (TPSA) is 129 Å². The number of likely N-dealkylation sites (tertiary alicyclic amines) is 4. The predicted molar refractivity (Wildman–Crippen MR) is 211 cm³/mol. The molecule has 0 aliphatic carbocycles. The van der Waals surface area contributed by atoms with Gasteiger partial charge < -0.3 is 29.1 Å². The third-order valence-electron chi connectivity index (χ3n) is 11.4. The van der Waals surface area contributed by atoms with Crippen molar-refractivity contribution >= 4 is 24.1 Å². The van der Waals surface area contributed by atoms with Crippen LogP contribution in [0.25, 0.3) is 0 Å². The van der Waals surface area contributed by atoms with Crippen molar-refractivity contribution in [2.75, 3.05) is 59.5 Å². The number of methoxy groups -OCH3 is 1. The second kappa shape index (κ2) is 17.7. The summed E-state index contributed by atoms with van der Waals surface area (Å²) in [5.74, 6) is -2.58. The number of rotatable bonds is 6. The molecule has 4 aliphatic rings. The molecule has 61 heavy (non-hydrogen) atoms. The van der Waals surface area contributed by atoms with Gasteiger partial charge in [0, 0.05) is 65.4 Å². The van der Waals surface area contributed by atoms with E-state index in [2.05, 4.69) is 14.5 Å². The number of amides is 2. The van der Waals surface area contributed by atoms with Crippen LogP contribution in [0, 0.1) is 10.8 Å². The van der Waals surface area contributed by atoms with Gasteiger partial charge in [0.1, 0.15) is 11.2 Å². The van der Waals surface area contributed by atoms with Gasteiger partial charge >= 0.3 is 36.5 Å². The van der Waals surface area contributed by atoms with E-state index in [0.717, 1.165) is 77.2 Å². The summed E-state index contributed by atoms with van der Waals surface area (Å²) in [4.78, 5) is 55.2. The van der Waals surface area contributed by atoms with Crippen LogP contribution in [-0.4, -0.2) is 120 Å². The van der Waals surface area contributed by atoms with Crippen molar-refractivity contribution < 1.29 is 64.8 Å². The van der Waals surface area contributed by atoms with E-state index in [1.807, 2.05) is 41.5 Å². The summed E-state index contributed by atoms with van der Waals surface area (Å²) in [7, 11) is 1.07. The van der Waals surface area contributed by atoms with E-state index < -0.39 is 57.7 Å². The lowest BCUT2D eigenvalue weighted by Crippen LogP contribution is -2.60. The highest BCUT2D eigenvalue weighted by Gasteiger charge is 2.47. The van der Waals surface area contributed by atoms with Crippen molar-refractivity contribution in [2.45, 2.75) is 104 Å². The largest absolute Gasteiger partial charge is 0.478 e. The van der Waals surface area contributed by atoms with Gasteiger partial charge in [0.2, 0.25) is 0 Å². The van der Waals surface area contributed by atoms with Crippen molar-refractivity contribution in [1.82, 2.24) is 19.6 Å². The fraction of sp³-hybridized carbons (Fsp3) is 0.628. The fourth-order valence-electron chi connectivity index (χ4n) is 8.49. The highest BCUT2D eigenvalue weighted by atomic mass is 19.4. The zero-order chi connectivity index (χ0) is 45.3. The number of piperidine rings is 2. The molecule has 0 saturated carbocycles. The molecule has 4 aliphatic heterocycles. The quantitative estimate of drug-likeness (QED) is 0.171. The first-order chi connectivity index (χ1) is 28.1. The summed E-state index contributed by atoms with van der Waals surface area (Å²) < 4.78 is 93.9. The molecule has 2 aromatic rings. The van der Waals surface area contributed by atoms with E-state index >= 15 is 0 Å². The monoisotopic (exact) mass is 870 g/mol. The number of esters is 1. The van der Waals surface area contributed by atoms with Gasteiger partial charge in [-0.1, -0.05) is 12.1 Å². The van der Waals surface area contributed by atoms with E-state index in [1.165, 1.54) is 18.2 Å². The average molecular weight is 871 g/mol. The van der Waals surface area contributed by atoms with Crippen LogP contribution in [0.15, 0.2) is 36.4 Å². The Hall–Kier alpha value is -4.58. The molecule has 4 saturated heterocycles. The van der Waals surface area contributed by atoms with E-state index in [1.54, 1.807) is 9.80 Å². The first-order valence-electron chi connectivity index (χ1n) is 20.2. The van der Waals surface area contributed by atoms with Crippen molar-refractivity contribution in [3.63, 3.8) is 0 Å². The van der Waals surface area contributed by atoms with Gasteiger partial charge in [0.15, 0.2) is 0 Å². The van der Waals surface area contributed by atoms with Gasteiger partial charge in [-0.05, 0) is 113 Å². The summed E-state index contributed by atoms with van der Waals surface area (Å²) in [5.41, 5.74) is -2.97. The van der Waals surface area contributed by atoms with Crippen molar-refractivity contribution in [3.8, 4) is 0 Å². The van der Waals surface area contributed by atoms with Gasteiger partial charge in [-0.3, -0.25) is 9.80 Å². The van der Waals surface area contributed by atoms with Gasteiger partial charge in [-0.2, -0.15) is 26.3 Å². The van der Waals surface area contributed by atoms with E-state index in [-0.39, 0.29) is 23.0 Å². The number of carbonyl (C=O) groups is 4. The van der Waals surface area contributed by atoms with Crippen LogP contribution in [0.2, 0.25) is 0 Å². The molecule has 12 nitrogen and oxygen atoms in total. The number of alkyl halides is 6. The Balaban J connectivity index is 0.000000231. The minimum absolute atomic E-state index is 0.0973. The minimum Gasteiger partial charge on any atom is -0.478 e. The molecule has 0 bridgehead atoms. The maximum absolute atomic E-state index is 13.2. The van der Waals surface area contributed by atoms with Gasteiger partial charge in [-0.25, -0.2) is 19.2 Å². The van der Waals surface area contributed by atoms with Gasteiger partial charge in [-0.15, -0.1) is 0 Å². The summed E-state index contributed by atoms with van der Waals surface area (Å²) in [6.45, 7) is 17.5. The molecule has 18 heteroatoms. The molecule has 2 amide bonds. The van der Waals surface area contributed by atoms with Crippen molar-refractivity contribution in [3.05, 3.63) is 69.8 Å². The van der Waals surface area contributed by atoms with Crippen molar-refractivity contribution in [2.24, 2.45) is 10.8 Å². The molecule has 4 heterocycles. The molecule has 0 atom stereocenters. The number of benzene rings is 2. The molecule has 2 spiro atoms. The molecule has 0 aromatic heterocycles. The predicted octanol–water partition coefficient (Wildman–Crippen LogP) is 8.56. The summed E-state index contributed by atoms with van der Waals surface area (Å²) in [6.07, 6.45) is -6.50. The molecule has 6 rings (SSSR count). The van der Waals surface area contributed by atoms with Gasteiger partial charge in [0.05, 0.1) is 29.4 Å². The Kier molecular flexibility index (Phi) is 13.7. The van der Waals surface area contributed by atoms with Crippen LogP contribution in [0.5, 0.6) is 0 Å². The molecule has 1 N–H and O–H groups in total. The zero-order valence-corrected chi connectivity index (χ0v) is 35.7. The van der Waals surface area contributed by atoms with E-state index in [9.17, 15) is 45.5 Å². The Bertz CT molecular complexity index is 1930.